The summed E-state index contributed by atoms with van der Waals surface area (Å²) in [7, 11) is 1.47. The van der Waals surface area contributed by atoms with Gasteiger partial charge in [0.05, 0.1) is 7.11 Å². The van der Waals surface area contributed by atoms with Crippen LogP contribution in [0, 0.1) is 0 Å². The van der Waals surface area contributed by atoms with Gasteiger partial charge in [0.2, 0.25) is 5.76 Å². The van der Waals surface area contributed by atoms with Gasteiger partial charge in [-0.1, -0.05) is 35.5 Å². The van der Waals surface area contributed by atoms with Crippen LogP contribution in [0.1, 0.15) is 16.1 Å². The zero-order valence-electron chi connectivity index (χ0n) is 16.3. The van der Waals surface area contributed by atoms with Crippen LogP contribution in [-0.4, -0.2) is 18.2 Å². The fourth-order valence-electron chi connectivity index (χ4n) is 3.24. The minimum absolute atomic E-state index is 0.182. The van der Waals surface area contributed by atoms with Gasteiger partial charge in [0.15, 0.2) is 17.1 Å². The number of aromatic nitrogens is 1. The molecule has 8 heteroatoms. The molecule has 0 fully saturated rings. The minimum atomic E-state index is -0.827. The third-order valence-electron chi connectivity index (χ3n) is 4.74. The van der Waals surface area contributed by atoms with Gasteiger partial charge in [0.25, 0.3) is 0 Å². The zero-order chi connectivity index (χ0) is 21.4. The van der Waals surface area contributed by atoms with E-state index in [9.17, 15) is 9.59 Å². The molecule has 0 unspecified atom stereocenters. The third kappa shape index (κ3) is 3.44. The summed E-state index contributed by atoms with van der Waals surface area (Å²) in [6.07, 6.45) is 0. The molecule has 0 atom stereocenters. The van der Waals surface area contributed by atoms with Crippen LogP contribution >= 0.6 is 0 Å². The number of ether oxygens (including phenoxy) is 2. The number of esters is 1. The maximum absolute atomic E-state index is 12.4. The number of carbonyl (C=O) groups is 1. The average Bonchev–Trinajstić information content (AvgIpc) is 3.43. The molecule has 0 N–H and O–H groups in total. The molecule has 2 aromatic carbocycles. The minimum Gasteiger partial charge on any atom is -0.493 e. The van der Waals surface area contributed by atoms with Crippen molar-refractivity contribution in [3.63, 3.8) is 0 Å². The van der Waals surface area contributed by atoms with Crippen LogP contribution in [-0.2, 0) is 11.3 Å². The second-order valence-electron chi connectivity index (χ2n) is 6.73. The Morgan fingerprint density at radius 3 is 2.65 bits per heavy atom. The SMILES string of the molecule is COc1cccc2cc(C(=O)OCc3cc(-c4cc5ccccc5o4)on3)c(=O)oc12. The molecule has 0 aliphatic rings. The lowest BCUT2D eigenvalue weighted by molar-refractivity contribution is 0.0459. The Hall–Kier alpha value is -4.33. The Morgan fingerprint density at radius 2 is 1.81 bits per heavy atom. The molecular formula is C23H15NO7. The van der Waals surface area contributed by atoms with Crippen molar-refractivity contribution in [3.8, 4) is 17.3 Å². The summed E-state index contributed by atoms with van der Waals surface area (Å²) >= 11 is 0. The van der Waals surface area contributed by atoms with Crippen LogP contribution in [0.15, 0.2) is 78.8 Å². The molecular weight excluding hydrogens is 402 g/mol. The Labute approximate surface area is 174 Å². The van der Waals surface area contributed by atoms with E-state index in [-0.39, 0.29) is 17.8 Å². The smallest absolute Gasteiger partial charge is 0.351 e. The van der Waals surface area contributed by atoms with E-state index in [1.165, 1.54) is 13.2 Å². The standard InChI is InChI=1S/C23H15NO7/c1-27-18-8-4-6-14-9-16(23(26)30-21(14)18)22(25)28-12-15-11-20(31-24-15)19-10-13-5-2-3-7-17(13)29-19/h2-11H,12H2,1H3. The van der Waals surface area contributed by atoms with Crippen molar-refractivity contribution >= 4 is 27.9 Å². The van der Waals surface area contributed by atoms with E-state index in [4.69, 9.17) is 22.8 Å². The van der Waals surface area contributed by atoms with Crippen LogP contribution in [0.25, 0.3) is 33.5 Å². The molecule has 31 heavy (non-hydrogen) atoms. The molecule has 0 amide bonds. The highest BCUT2D eigenvalue weighted by molar-refractivity contribution is 5.94. The van der Waals surface area contributed by atoms with Crippen molar-refractivity contribution in [3.05, 3.63) is 82.3 Å². The first kappa shape index (κ1) is 18.7. The van der Waals surface area contributed by atoms with Gasteiger partial charge < -0.3 is 22.8 Å². The van der Waals surface area contributed by atoms with E-state index in [0.717, 1.165) is 11.0 Å². The maximum Gasteiger partial charge on any atom is 0.351 e. The number of nitrogens with zero attached hydrogens (tertiary/aromatic N) is 1. The fourth-order valence-corrected chi connectivity index (χ4v) is 3.24. The summed E-state index contributed by atoms with van der Waals surface area (Å²) in [6, 6.07) is 17.5. The van der Waals surface area contributed by atoms with Gasteiger partial charge in [-0.25, -0.2) is 9.59 Å². The van der Waals surface area contributed by atoms with Gasteiger partial charge in [-0.05, 0) is 24.3 Å². The topological polar surface area (TPSA) is 105 Å². The number of hydrogen-bond donors (Lipinski definition) is 0. The van der Waals surface area contributed by atoms with E-state index in [1.807, 2.05) is 30.3 Å². The summed E-state index contributed by atoms with van der Waals surface area (Å²) in [5, 5.41) is 5.37. The van der Waals surface area contributed by atoms with Crippen molar-refractivity contribution in [2.75, 3.05) is 7.11 Å². The number of hydrogen-bond acceptors (Lipinski definition) is 8. The number of fused-ring (bicyclic) bond motifs is 2. The molecule has 0 aliphatic carbocycles. The van der Waals surface area contributed by atoms with Crippen LogP contribution < -0.4 is 10.4 Å². The van der Waals surface area contributed by atoms with Crippen molar-refractivity contribution < 1.29 is 27.6 Å². The first-order valence-electron chi connectivity index (χ1n) is 9.35. The normalized spacial score (nSPS) is 11.1. The summed E-state index contributed by atoms with van der Waals surface area (Å²) in [4.78, 5) is 24.7. The number of furan rings is 1. The molecule has 3 heterocycles. The molecule has 0 bridgehead atoms. The van der Waals surface area contributed by atoms with Crippen molar-refractivity contribution in [1.29, 1.82) is 0 Å². The molecule has 3 aromatic heterocycles. The molecule has 0 saturated carbocycles. The van der Waals surface area contributed by atoms with Gasteiger partial charge in [0, 0.05) is 16.8 Å². The molecule has 0 spiro atoms. The molecule has 0 radical (unpaired) electrons. The Morgan fingerprint density at radius 1 is 0.968 bits per heavy atom. The highest BCUT2D eigenvalue weighted by Crippen LogP contribution is 2.28. The summed E-state index contributed by atoms with van der Waals surface area (Å²) in [5.41, 5.74) is 0.322. The van der Waals surface area contributed by atoms with Crippen molar-refractivity contribution in [2.24, 2.45) is 0 Å². The van der Waals surface area contributed by atoms with Gasteiger partial charge in [-0.15, -0.1) is 0 Å². The van der Waals surface area contributed by atoms with E-state index in [2.05, 4.69) is 5.16 Å². The predicted molar refractivity (Wildman–Crippen MR) is 110 cm³/mol. The highest BCUT2D eigenvalue weighted by Gasteiger charge is 2.18. The van der Waals surface area contributed by atoms with Crippen molar-refractivity contribution in [2.45, 2.75) is 6.61 Å². The number of para-hydroxylation sites is 2. The van der Waals surface area contributed by atoms with Gasteiger partial charge in [-0.3, -0.25) is 0 Å². The first-order valence-corrected chi connectivity index (χ1v) is 9.35. The Bertz CT molecular complexity index is 1440. The van der Waals surface area contributed by atoms with Crippen molar-refractivity contribution in [1.82, 2.24) is 5.16 Å². The lowest BCUT2D eigenvalue weighted by Gasteiger charge is -2.05. The lowest BCUT2D eigenvalue weighted by atomic mass is 10.2. The Balaban J connectivity index is 1.34. The third-order valence-corrected chi connectivity index (χ3v) is 4.74. The second-order valence-corrected chi connectivity index (χ2v) is 6.73. The van der Waals surface area contributed by atoms with Crippen LogP contribution in [0.3, 0.4) is 0 Å². The number of rotatable bonds is 5. The molecule has 154 valence electrons. The first-order chi connectivity index (χ1) is 15.1. The lowest BCUT2D eigenvalue weighted by Crippen LogP contribution is -2.16. The maximum atomic E-state index is 12.4. The molecule has 0 saturated heterocycles. The highest BCUT2D eigenvalue weighted by atomic mass is 16.5. The van der Waals surface area contributed by atoms with E-state index in [0.29, 0.717) is 28.4 Å². The van der Waals surface area contributed by atoms with Gasteiger partial charge in [-0.2, -0.15) is 0 Å². The second kappa shape index (κ2) is 7.49. The van der Waals surface area contributed by atoms with Crippen LogP contribution in [0.2, 0.25) is 0 Å². The monoisotopic (exact) mass is 417 g/mol. The molecule has 0 aliphatic heterocycles. The van der Waals surface area contributed by atoms with E-state index in [1.54, 1.807) is 24.3 Å². The average molecular weight is 417 g/mol. The molecule has 5 aromatic rings. The summed E-state index contributed by atoms with van der Waals surface area (Å²) in [5.74, 6) is 0.483. The van der Waals surface area contributed by atoms with E-state index >= 15 is 0 Å². The van der Waals surface area contributed by atoms with Crippen LogP contribution in [0.4, 0.5) is 0 Å². The Kier molecular flexibility index (Phi) is 4.51. The largest absolute Gasteiger partial charge is 0.493 e. The number of carbonyl (C=O) groups excluding carboxylic acids is 1. The fraction of sp³-hybridized carbons (Fsp3) is 0.0870. The quantitative estimate of drug-likeness (QED) is 0.303. The summed E-state index contributed by atoms with van der Waals surface area (Å²) < 4.78 is 26.7. The number of methoxy groups -OCH3 is 1. The predicted octanol–water partition coefficient (Wildman–Crippen LogP) is 4.56. The molecule has 5 rings (SSSR count). The van der Waals surface area contributed by atoms with Crippen LogP contribution in [0.5, 0.6) is 5.75 Å². The summed E-state index contributed by atoms with van der Waals surface area (Å²) in [6.45, 7) is -0.182. The van der Waals surface area contributed by atoms with Gasteiger partial charge >= 0.3 is 11.6 Å². The zero-order valence-corrected chi connectivity index (χ0v) is 16.3. The van der Waals surface area contributed by atoms with E-state index < -0.39 is 11.6 Å². The van der Waals surface area contributed by atoms with Gasteiger partial charge in [0.1, 0.15) is 23.4 Å². The molecule has 8 nitrogen and oxygen atoms in total. The number of benzene rings is 2.